The summed E-state index contributed by atoms with van der Waals surface area (Å²) in [6.45, 7) is 26.7. The van der Waals surface area contributed by atoms with Crippen molar-refractivity contribution in [3.8, 4) is 79.4 Å². The molecule has 10 aromatic rings. The first kappa shape index (κ1) is 72.8. The number of methoxy groups -OCH3 is 1. The molecule has 0 spiro atoms. The van der Waals surface area contributed by atoms with Gasteiger partial charge in [0.25, 0.3) is 0 Å². The van der Waals surface area contributed by atoms with Crippen LogP contribution in [-0.2, 0) is 64.3 Å². The van der Waals surface area contributed by atoms with Gasteiger partial charge in [0.05, 0.1) is 71.2 Å². The molecular formula is C76H94N2O7S9. The monoisotopic (exact) mass is 1430 g/mol. The number of hydrogen-bond acceptors (Lipinski definition) is 18. The van der Waals surface area contributed by atoms with E-state index in [1.165, 1.54) is 137 Å². The number of ether oxygens (including phenoxy) is 7. The van der Waals surface area contributed by atoms with Crippen LogP contribution >= 0.6 is 102 Å². The van der Waals surface area contributed by atoms with E-state index < -0.39 is 0 Å². The van der Waals surface area contributed by atoms with Crippen molar-refractivity contribution >= 4 is 119 Å². The topological polar surface area (TPSA) is 90.4 Å². The summed E-state index contributed by atoms with van der Waals surface area (Å²) in [7, 11) is 1.72. The molecule has 0 aliphatic heterocycles. The standard InChI is InChI=1S/C76H94N2O7S9/c1-10-14-34-80-37-19-17-18-20-52-50-69(76(6,7)8)93-75(52)65-30-26-61(89-65)60-25-29-64(88-60)74-55(33-40-85-46-44-82-36-16-12-3)49-68(92-74)57-22-21-56(70-71(57)78-94-77-70)67-48-54(32-39-84-45-43-81-35-15-11-2)73(91-67)63-28-24-59(87-63)58-23-27-62(86-58)72-53(31-38-83-42-41-79-9)47-66(90-72)51(5)13-4/h13,21-30,47-50H,10-12,14-20,31-46H2,1-9H3/b51-13+. The van der Waals surface area contributed by atoms with Crippen LogP contribution in [0.1, 0.15) is 145 Å². The minimum atomic E-state index is 0.0990. The predicted molar refractivity (Wildman–Crippen MR) is 412 cm³/mol. The van der Waals surface area contributed by atoms with Crippen LogP contribution in [0.5, 0.6) is 0 Å². The second-order valence-electron chi connectivity index (χ2n) is 24.6. The van der Waals surface area contributed by atoms with Crippen LogP contribution in [0.15, 0.2) is 91.0 Å². The first-order chi connectivity index (χ1) is 46.0. The molecule has 0 saturated carbocycles. The number of thiophene rings is 8. The van der Waals surface area contributed by atoms with Gasteiger partial charge in [-0.2, -0.15) is 8.75 Å². The van der Waals surface area contributed by atoms with E-state index in [4.69, 9.17) is 41.9 Å². The van der Waals surface area contributed by atoms with Crippen molar-refractivity contribution in [1.29, 1.82) is 0 Å². The fourth-order valence-corrected chi connectivity index (χ4v) is 21.2. The molecule has 9 aromatic heterocycles. The smallest absolute Gasteiger partial charge is 0.114 e. The molecule has 0 bridgehead atoms. The van der Waals surface area contributed by atoms with Gasteiger partial charge in [-0.15, -0.1) is 90.7 Å². The molecule has 0 aliphatic rings. The van der Waals surface area contributed by atoms with Crippen molar-refractivity contribution in [3.63, 3.8) is 0 Å². The van der Waals surface area contributed by atoms with Crippen LogP contribution in [0.25, 0.3) is 96.0 Å². The number of hydrogen-bond donors (Lipinski definition) is 0. The molecule has 0 aliphatic carbocycles. The Bertz CT molecular complexity index is 3930. The molecule has 504 valence electrons. The van der Waals surface area contributed by atoms with Crippen LogP contribution in [0, 0.1) is 0 Å². The van der Waals surface area contributed by atoms with Crippen molar-refractivity contribution < 1.29 is 33.2 Å². The van der Waals surface area contributed by atoms with Gasteiger partial charge < -0.3 is 33.2 Å². The molecule has 0 atom stereocenters. The van der Waals surface area contributed by atoms with Gasteiger partial charge in [-0.3, -0.25) is 0 Å². The van der Waals surface area contributed by atoms with Crippen LogP contribution in [-0.4, -0.2) is 102 Å². The van der Waals surface area contributed by atoms with Crippen LogP contribution < -0.4 is 0 Å². The van der Waals surface area contributed by atoms with E-state index in [2.05, 4.69) is 146 Å². The maximum atomic E-state index is 6.27. The molecule has 9 nitrogen and oxygen atoms in total. The number of nitrogens with zero attached hydrogens (tertiary/aromatic N) is 2. The summed E-state index contributed by atoms with van der Waals surface area (Å²) in [4.78, 5) is 20.8. The van der Waals surface area contributed by atoms with Gasteiger partial charge in [-0.25, -0.2) is 0 Å². The fourth-order valence-electron chi connectivity index (χ4n) is 10.9. The van der Waals surface area contributed by atoms with E-state index in [1.54, 1.807) is 7.11 Å². The molecule has 0 radical (unpaired) electrons. The number of allylic oxidation sites excluding steroid dienone is 2. The van der Waals surface area contributed by atoms with E-state index in [0.29, 0.717) is 59.5 Å². The molecule has 10 rings (SSSR count). The number of fused-ring (bicyclic) bond motifs is 1. The number of benzene rings is 1. The lowest BCUT2D eigenvalue weighted by molar-refractivity contribution is 0.0479. The van der Waals surface area contributed by atoms with Crippen molar-refractivity contribution in [2.75, 3.05) is 93.0 Å². The molecule has 0 N–H and O–H groups in total. The zero-order valence-electron chi connectivity index (χ0n) is 56.5. The van der Waals surface area contributed by atoms with E-state index in [9.17, 15) is 0 Å². The largest absolute Gasteiger partial charge is 0.382 e. The summed E-state index contributed by atoms with van der Waals surface area (Å²) in [6.07, 6.45) is 15.9. The van der Waals surface area contributed by atoms with Crippen molar-refractivity contribution in [1.82, 2.24) is 8.75 Å². The molecule has 0 amide bonds. The maximum absolute atomic E-state index is 6.27. The normalized spacial score (nSPS) is 12.3. The Labute approximate surface area is 595 Å². The molecule has 0 fully saturated rings. The number of aryl methyl sites for hydroxylation is 1. The van der Waals surface area contributed by atoms with Crippen LogP contribution in [0.3, 0.4) is 0 Å². The Balaban J connectivity index is 0.918. The molecule has 94 heavy (non-hydrogen) atoms. The van der Waals surface area contributed by atoms with Gasteiger partial charge in [0.1, 0.15) is 11.0 Å². The van der Waals surface area contributed by atoms with Gasteiger partial charge in [0.2, 0.25) is 0 Å². The van der Waals surface area contributed by atoms with Crippen molar-refractivity contribution in [2.45, 2.75) is 144 Å². The Kier molecular flexibility index (Phi) is 28.9. The average molecular weight is 1440 g/mol. The van der Waals surface area contributed by atoms with Gasteiger partial charge in [0, 0.05) is 123 Å². The van der Waals surface area contributed by atoms with Gasteiger partial charge in [-0.1, -0.05) is 85.4 Å². The summed E-state index contributed by atoms with van der Waals surface area (Å²) >= 11 is 16.5. The molecule has 18 heteroatoms. The number of rotatable bonds is 42. The van der Waals surface area contributed by atoms with Crippen LogP contribution in [0.2, 0.25) is 0 Å². The third-order valence-electron chi connectivity index (χ3n) is 16.4. The Hall–Kier alpha value is -3.90. The van der Waals surface area contributed by atoms with Gasteiger partial charge >= 0.3 is 0 Å². The van der Waals surface area contributed by atoms with Gasteiger partial charge in [-0.05, 0) is 178 Å². The fraction of sp³-hybridized carbons (Fsp3) is 0.474. The Morgan fingerprint density at radius 3 is 1.20 bits per heavy atom. The maximum Gasteiger partial charge on any atom is 0.114 e. The molecule has 0 unspecified atom stereocenters. The van der Waals surface area contributed by atoms with Crippen LogP contribution in [0.4, 0.5) is 0 Å². The molecule has 9 heterocycles. The number of unbranched alkanes of at least 4 members (excludes halogenated alkanes) is 5. The van der Waals surface area contributed by atoms with Gasteiger partial charge in [0.15, 0.2) is 0 Å². The third kappa shape index (κ3) is 19.7. The highest BCUT2D eigenvalue weighted by atomic mass is 32.1. The highest BCUT2D eigenvalue weighted by Crippen LogP contribution is 2.51. The Morgan fingerprint density at radius 1 is 0.383 bits per heavy atom. The van der Waals surface area contributed by atoms with E-state index >= 15 is 0 Å². The second-order valence-corrected chi connectivity index (χ2v) is 33.7. The first-order valence-electron chi connectivity index (χ1n) is 33.8. The minimum Gasteiger partial charge on any atom is -0.382 e. The van der Waals surface area contributed by atoms with E-state index in [-0.39, 0.29) is 5.41 Å². The predicted octanol–water partition coefficient (Wildman–Crippen LogP) is 23.7. The molecule has 1 aromatic carbocycles. The SMILES string of the molecule is C/C=C(\C)c1cc(CCOCCOC)c(-c2ccc(-c3ccc(-c4sc(-c5ccc(-c6cc(CCOCCOCCCC)c(-c7ccc(-c8ccc(-c9sc(C(C)(C)C)cc9CCCCCOCCCC)s8)s7)s6)c6nsnc56)cc4CCOCCOCCCC)s3)s2)s1. The highest BCUT2D eigenvalue weighted by molar-refractivity contribution is 7.30. The lowest BCUT2D eigenvalue weighted by Gasteiger charge is -2.15. The summed E-state index contributed by atoms with van der Waals surface area (Å²) in [5.74, 6) is 0. The zero-order valence-corrected chi connectivity index (χ0v) is 63.8. The summed E-state index contributed by atoms with van der Waals surface area (Å²) in [6, 6.07) is 32.8. The lowest BCUT2D eigenvalue weighted by atomic mass is 9.93. The molecule has 0 saturated heterocycles. The minimum absolute atomic E-state index is 0.0990. The molecular weight excluding hydrogens is 1340 g/mol. The average Bonchev–Trinajstić information content (AvgIpc) is 1.60. The quantitative estimate of drug-likeness (QED) is 0.0347. The van der Waals surface area contributed by atoms with E-state index in [0.717, 1.165) is 113 Å². The highest BCUT2D eigenvalue weighted by Gasteiger charge is 2.25. The summed E-state index contributed by atoms with van der Waals surface area (Å²) in [5.41, 5.74) is 10.9. The second kappa shape index (κ2) is 37.3. The van der Waals surface area contributed by atoms with Crippen molar-refractivity contribution in [2.24, 2.45) is 0 Å². The third-order valence-corrected chi connectivity index (χ3v) is 27.8. The summed E-state index contributed by atoms with van der Waals surface area (Å²) < 4.78 is 51.5. The zero-order chi connectivity index (χ0) is 65.7. The first-order valence-corrected chi connectivity index (χ1v) is 41.0. The summed E-state index contributed by atoms with van der Waals surface area (Å²) in [5, 5.41) is 0. The van der Waals surface area contributed by atoms with Crippen molar-refractivity contribution in [3.05, 3.63) is 123 Å². The number of aromatic nitrogens is 2. The lowest BCUT2D eigenvalue weighted by Crippen LogP contribution is -2.08. The Morgan fingerprint density at radius 2 is 0.766 bits per heavy atom. The van der Waals surface area contributed by atoms with E-state index in [1.807, 2.05) is 90.7 Å².